The highest BCUT2D eigenvalue weighted by Gasteiger charge is 2.39. The topological polar surface area (TPSA) is 122 Å². The molecule has 0 bridgehead atoms. The number of nitrogens with one attached hydrogen (secondary N) is 2. The molecule has 1 fully saturated rings. The van der Waals surface area contributed by atoms with Crippen molar-refractivity contribution in [2.45, 2.75) is 75.6 Å². The van der Waals surface area contributed by atoms with Crippen molar-refractivity contribution >= 4 is 46.1 Å². The van der Waals surface area contributed by atoms with Crippen molar-refractivity contribution < 1.29 is 19.2 Å². The lowest BCUT2D eigenvalue weighted by molar-refractivity contribution is -0.141. The predicted molar refractivity (Wildman–Crippen MR) is 111 cm³/mol. The fourth-order valence-corrected chi connectivity index (χ4v) is 3.72. The van der Waals surface area contributed by atoms with E-state index in [1.807, 2.05) is 20.8 Å². The number of ketones is 1. The standard InChI is InChI=1S/C18H31IN4O4/c1-5-14(24)16(10(2)3)22-17(26)13-7-6-8-23(13)18(27)12(9-15(20)25)21-11(4)19/h10-13,16,21H,5-9H2,1-4H3,(H2,20,25)(H,22,26)/t11?,12-,13-,16-/m0/s1. The second kappa shape index (κ2) is 10.9. The highest BCUT2D eigenvalue weighted by atomic mass is 127. The third-order valence-electron chi connectivity index (χ3n) is 4.63. The van der Waals surface area contributed by atoms with E-state index in [4.69, 9.17) is 5.73 Å². The Morgan fingerprint density at radius 1 is 1.22 bits per heavy atom. The Kier molecular flexibility index (Phi) is 9.65. The summed E-state index contributed by atoms with van der Waals surface area (Å²) in [5.41, 5.74) is 5.28. The van der Waals surface area contributed by atoms with E-state index < -0.39 is 24.0 Å². The molecule has 0 radical (unpaired) electrons. The number of primary amides is 1. The van der Waals surface area contributed by atoms with Crippen molar-refractivity contribution in [1.29, 1.82) is 0 Å². The van der Waals surface area contributed by atoms with Crippen LogP contribution < -0.4 is 16.4 Å². The van der Waals surface area contributed by atoms with Crippen molar-refractivity contribution in [3.8, 4) is 0 Å². The molecule has 0 aromatic rings. The number of likely N-dealkylation sites (tertiary alicyclic amines) is 1. The van der Waals surface area contributed by atoms with E-state index in [0.717, 1.165) is 0 Å². The van der Waals surface area contributed by atoms with Gasteiger partial charge < -0.3 is 16.0 Å². The lowest BCUT2D eigenvalue weighted by atomic mass is 9.97. The first kappa shape index (κ1) is 23.8. The number of Topliss-reactive ketones (excluding diaryl/α,β-unsaturated/α-hetero) is 1. The maximum atomic E-state index is 12.9. The van der Waals surface area contributed by atoms with E-state index in [2.05, 4.69) is 33.2 Å². The summed E-state index contributed by atoms with van der Waals surface area (Å²) in [5.74, 6) is -1.26. The third-order valence-corrected chi connectivity index (χ3v) is 4.99. The number of amides is 3. The summed E-state index contributed by atoms with van der Waals surface area (Å²) in [6.45, 7) is 7.83. The Morgan fingerprint density at radius 2 is 1.85 bits per heavy atom. The molecule has 3 amide bonds. The summed E-state index contributed by atoms with van der Waals surface area (Å²) in [6.07, 6.45) is 1.45. The van der Waals surface area contributed by atoms with Gasteiger partial charge in [0, 0.05) is 13.0 Å². The first-order valence-corrected chi connectivity index (χ1v) is 10.6. The van der Waals surface area contributed by atoms with Crippen molar-refractivity contribution in [1.82, 2.24) is 15.5 Å². The van der Waals surface area contributed by atoms with Crippen molar-refractivity contribution in [3.63, 3.8) is 0 Å². The summed E-state index contributed by atoms with van der Waals surface area (Å²) in [6, 6.07) is -1.96. The molecule has 1 saturated heterocycles. The van der Waals surface area contributed by atoms with Gasteiger partial charge in [-0.05, 0) is 25.7 Å². The lowest BCUT2D eigenvalue weighted by Crippen LogP contribution is -2.56. The number of carbonyl (C=O) groups is 4. The molecule has 1 rings (SSSR count). The average molecular weight is 494 g/mol. The minimum Gasteiger partial charge on any atom is -0.370 e. The van der Waals surface area contributed by atoms with Crippen LogP contribution in [0.25, 0.3) is 0 Å². The average Bonchev–Trinajstić information content (AvgIpc) is 3.06. The number of rotatable bonds is 10. The molecule has 0 aliphatic carbocycles. The largest absolute Gasteiger partial charge is 0.370 e. The molecule has 8 nitrogen and oxygen atoms in total. The molecule has 1 aliphatic rings. The Morgan fingerprint density at radius 3 is 2.33 bits per heavy atom. The van der Waals surface area contributed by atoms with Gasteiger partial charge in [0.15, 0.2) is 5.78 Å². The van der Waals surface area contributed by atoms with Crippen LogP contribution in [-0.2, 0) is 19.2 Å². The molecule has 0 spiro atoms. The fraction of sp³-hybridized carbons (Fsp3) is 0.778. The Labute approximate surface area is 174 Å². The van der Waals surface area contributed by atoms with Crippen molar-refractivity contribution in [2.24, 2.45) is 11.7 Å². The van der Waals surface area contributed by atoms with Gasteiger partial charge in [-0.25, -0.2) is 0 Å². The Hall–Kier alpha value is -1.23. The maximum absolute atomic E-state index is 12.9. The molecule has 4 atom stereocenters. The monoisotopic (exact) mass is 494 g/mol. The minimum atomic E-state index is -0.763. The number of hydrogen-bond acceptors (Lipinski definition) is 5. The quantitative estimate of drug-likeness (QED) is 0.235. The number of nitrogens with zero attached hydrogens (tertiary/aromatic N) is 1. The second-order valence-electron chi connectivity index (χ2n) is 7.25. The number of carbonyl (C=O) groups excluding carboxylic acids is 4. The van der Waals surface area contributed by atoms with Crippen LogP contribution in [0.5, 0.6) is 0 Å². The first-order valence-electron chi connectivity index (χ1n) is 9.40. The highest BCUT2D eigenvalue weighted by Crippen LogP contribution is 2.20. The van der Waals surface area contributed by atoms with Crippen LogP contribution in [0.4, 0.5) is 0 Å². The van der Waals surface area contributed by atoms with Crippen molar-refractivity contribution in [2.75, 3.05) is 6.54 Å². The van der Waals surface area contributed by atoms with E-state index in [0.29, 0.717) is 25.8 Å². The number of hydrogen-bond donors (Lipinski definition) is 3. The van der Waals surface area contributed by atoms with Crippen LogP contribution in [0.2, 0.25) is 0 Å². The zero-order valence-corrected chi connectivity index (χ0v) is 18.6. The van der Waals surface area contributed by atoms with E-state index in [-0.39, 0.29) is 34.0 Å². The van der Waals surface area contributed by atoms with Gasteiger partial charge in [-0.15, -0.1) is 0 Å². The number of alkyl halides is 1. The van der Waals surface area contributed by atoms with Gasteiger partial charge in [0.25, 0.3) is 0 Å². The van der Waals surface area contributed by atoms with Gasteiger partial charge in [-0.3, -0.25) is 24.5 Å². The fourth-order valence-electron chi connectivity index (χ4n) is 3.29. The smallest absolute Gasteiger partial charge is 0.243 e. The van der Waals surface area contributed by atoms with E-state index in [1.165, 1.54) is 4.90 Å². The van der Waals surface area contributed by atoms with Gasteiger partial charge >= 0.3 is 0 Å². The molecule has 0 saturated carbocycles. The summed E-state index contributed by atoms with van der Waals surface area (Å²) >= 11 is 2.10. The highest BCUT2D eigenvalue weighted by molar-refractivity contribution is 14.1. The second-order valence-corrected chi connectivity index (χ2v) is 9.11. The number of halogens is 1. The molecule has 1 heterocycles. The number of nitrogens with two attached hydrogens (primary N) is 1. The molecular formula is C18H31IN4O4. The van der Waals surface area contributed by atoms with E-state index in [9.17, 15) is 19.2 Å². The van der Waals surface area contributed by atoms with Gasteiger partial charge in [0.05, 0.1) is 22.6 Å². The zero-order valence-electron chi connectivity index (χ0n) is 16.5. The van der Waals surface area contributed by atoms with E-state index in [1.54, 1.807) is 6.92 Å². The van der Waals surface area contributed by atoms with Gasteiger partial charge in [0.1, 0.15) is 6.04 Å². The zero-order chi connectivity index (χ0) is 20.7. The molecule has 9 heteroatoms. The van der Waals surface area contributed by atoms with Crippen LogP contribution in [0, 0.1) is 5.92 Å². The molecule has 0 aromatic heterocycles. The maximum Gasteiger partial charge on any atom is 0.243 e. The molecule has 0 aromatic carbocycles. The molecular weight excluding hydrogens is 463 g/mol. The van der Waals surface area contributed by atoms with Crippen LogP contribution in [0.1, 0.15) is 53.4 Å². The normalized spacial score (nSPS) is 20.2. The van der Waals surface area contributed by atoms with Crippen molar-refractivity contribution in [3.05, 3.63) is 0 Å². The predicted octanol–water partition coefficient (Wildman–Crippen LogP) is 0.712. The van der Waals surface area contributed by atoms with Gasteiger partial charge in [-0.1, -0.05) is 43.4 Å². The SMILES string of the molecule is CCC(=O)[C@@H](NC(=O)[C@@H]1CCCN1C(=O)[C@H](CC(N)=O)NC(C)I)C(C)C. The first-order chi connectivity index (χ1) is 12.6. The van der Waals surface area contributed by atoms with Crippen LogP contribution in [0.15, 0.2) is 0 Å². The van der Waals surface area contributed by atoms with Crippen LogP contribution in [0.3, 0.4) is 0 Å². The summed E-state index contributed by atoms with van der Waals surface area (Å²) < 4.78 is -0.0433. The Balaban J connectivity index is 2.91. The minimum absolute atomic E-state index is 0.0266. The molecule has 27 heavy (non-hydrogen) atoms. The lowest BCUT2D eigenvalue weighted by Gasteiger charge is -2.30. The Bertz CT molecular complexity index is 568. The molecule has 1 unspecified atom stereocenters. The molecule has 1 aliphatic heterocycles. The summed E-state index contributed by atoms with van der Waals surface area (Å²) in [4.78, 5) is 50.7. The molecule has 154 valence electrons. The summed E-state index contributed by atoms with van der Waals surface area (Å²) in [7, 11) is 0. The van der Waals surface area contributed by atoms with Crippen LogP contribution >= 0.6 is 22.6 Å². The van der Waals surface area contributed by atoms with Gasteiger partial charge in [-0.2, -0.15) is 0 Å². The molecule has 4 N–H and O–H groups in total. The van der Waals surface area contributed by atoms with Gasteiger partial charge in [0.2, 0.25) is 17.7 Å². The third kappa shape index (κ3) is 7.02. The van der Waals surface area contributed by atoms with Crippen LogP contribution in [-0.4, -0.2) is 57.1 Å². The summed E-state index contributed by atoms with van der Waals surface area (Å²) in [5, 5.41) is 5.86. The van der Waals surface area contributed by atoms with E-state index >= 15 is 0 Å².